The Labute approximate surface area is 131 Å². The van der Waals surface area contributed by atoms with Crippen molar-refractivity contribution in [1.82, 2.24) is 5.32 Å². The van der Waals surface area contributed by atoms with Crippen molar-refractivity contribution in [3.05, 3.63) is 35.9 Å². The van der Waals surface area contributed by atoms with E-state index in [-0.39, 0.29) is 11.9 Å². The van der Waals surface area contributed by atoms with Crippen LogP contribution in [0.3, 0.4) is 0 Å². The first-order valence-electron chi connectivity index (χ1n) is 7.64. The normalized spacial score (nSPS) is 13.4. The zero-order valence-corrected chi connectivity index (χ0v) is 13.2. The van der Waals surface area contributed by atoms with Gasteiger partial charge in [-0.05, 0) is 32.3 Å². The van der Waals surface area contributed by atoms with Crippen LogP contribution < -0.4 is 5.32 Å². The van der Waals surface area contributed by atoms with Crippen molar-refractivity contribution in [2.45, 2.75) is 39.2 Å². The summed E-state index contributed by atoms with van der Waals surface area (Å²) >= 11 is 0. The summed E-state index contributed by atoms with van der Waals surface area (Å²) in [5.74, 6) is -1.63. The van der Waals surface area contributed by atoms with Crippen LogP contribution in [-0.4, -0.2) is 36.2 Å². The summed E-state index contributed by atoms with van der Waals surface area (Å²) in [4.78, 5) is 22.5. The fraction of sp³-hybridized carbons (Fsp3) is 0.529. The van der Waals surface area contributed by atoms with Gasteiger partial charge in [0.25, 0.3) is 0 Å². The molecule has 5 heteroatoms. The van der Waals surface area contributed by atoms with E-state index in [1.807, 2.05) is 18.2 Å². The van der Waals surface area contributed by atoms with Crippen LogP contribution in [0.15, 0.2) is 30.3 Å². The molecular formula is C17H25NO4. The van der Waals surface area contributed by atoms with Crippen LogP contribution in [0.25, 0.3) is 0 Å². The molecule has 1 rings (SSSR count). The minimum absolute atomic E-state index is 0.132. The Bertz CT molecular complexity index is 461. The number of hydrogen-bond donors (Lipinski definition) is 2. The minimum atomic E-state index is -0.906. The van der Waals surface area contributed by atoms with Gasteiger partial charge in [-0.15, -0.1) is 0 Å². The first-order valence-corrected chi connectivity index (χ1v) is 7.64. The number of carboxylic acid groups (broad SMARTS) is 1. The monoisotopic (exact) mass is 307 g/mol. The summed E-state index contributed by atoms with van der Waals surface area (Å²) < 4.78 is 5.50. The Morgan fingerprint density at radius 3 is 2.50 bits per heavy atom. The fourth-order valence-electron chi connectivity index (χ4n) is 1.94. The van der Waals surface area contributed by atoms with Crippen molar-refractivity contribution < 1.29 is 19.4 Å². The van der Waals surface area contributed by atoms with Gasteiger partial charge in [0.15, 0.2) is 0 Å². The summed E-state index contributed by atoms with van der Waals surface area (Å²) in [6.07, 6.45) is 1.84. The van der Waals surface area contributed by atoms with E-state index < -0.39 is 11.9 Å². The molecular weight excluding hydrogens is 282 g/mol. The molecule has 0 aliphatic rings. The molecule has 0 aromatic heterocycles. The lowest BCUT2D eigenvalue weighted by atomic mass is 10.0. The van der Waals surface area contributed by atoms with Gasteiger partial charge in [-0.1, -0.05) is 30.3 Å². The molecule has 2 unspecified atom stereocenters. The summed E-state index contributed by atoms with van der Waals surface area (Å²) in [5.41, 5.74) is 1.23. The van der Waals surface area contributed by atoms with Gasteiger partial charge in [-0.3, -0.25) is 9.59 Å². The number of carboxylic acids is 1. The van der Waals surface area contributed by atoms with Gasteiger partial charge in [-0.25, -0.2) is 0 Å². The van der Waals surface area contributed by atoms with Gasteiger partial charge in [0, 0.05) is 19.1 Å². The number of carbonyl (C=O) groups is 2. The fourth-order valence-corrected chi connectivity index (χ4v) is 1.94. The molecule has 122 valence electrons. The van der Waals surface area contributed by atoms with Crippen LogP contribution >= 0.6 is 0 Å². The molecule has 5 nitrogen and oxygen atoms in total. The molecule has 1 aromatic carbocycles. The summed E-state index contributed by atoms with van der Waals surface area (Å²) in [7, 11) is 0. The van der Waals surface area contributed by atoms with Crippen LogP contribution in [0.5, 0.6) is 0 Å². The van der Waals surface area contributed by atoms with E-state index in [1.54, 1.807) is 13.8 Å². The predicted octanol–water partition coefficient (Wildman–Crippen LogP) is 2.25. The van der Waals surface area contributed by atoms with Crippen molar-refractivity contribution in [3.8, 4) is 0 Å². The first-order chi connectivity index (χ1) is 10.5. The third-order valence-corrected chi connectivity index (χ3v) is 3.60. The molecule has 0 saturated heterocycles. The van der Waals surface area contributed by atoms with E-state index in [0.29, 0.717) is 26.1 Å². The lowest BCUT2D eigenvalue weighted by Crippen LogP contribution is -2.40. The van der Waals surface area contributed by atoms with E-state index in [9.17, 15) is 9.59 Å². The predicted molar refractivity (Wildman–Crippen MR) is 84.6 cm³/mol. The van der Waals surface area contributed by atoms with E-state index in [2.05, 4.69) is 17.4 Å². The highest BCUT2D eigenvalue weighted by molar-refractivity contribution is 5.77. The zero-order chi connectivity index (χ0) is 16.4. The quantitative estimate of drug-likeness (QED) is 0.650. The number of carbonyl (C=O) groups excluding carboxylic acids is 1. The Morgan fingerprint density at radius 1 is 1.18 bits per heavy atom. The molecule has 2 N–H and O–H groups in total. The molecule has 0 radical (unpaired) electrons. The maximum atomic E-state index is 11.7. The SMILES string of the molecule is CC(NC(=O)CCCOCCc1ccccc1)C(C)C(=O)O. The molecule has 0 aliphatic carbocycles. The number of benzene rings is 1. The average Bonchev–Trinajstić information content (AvgIpc) is 2.50. The number of ether oxygens (including phenoxy) is 1. The second kappa shape index (κ2) is 9.95. The van der Waals surface area contributed by atoms with E-state index >= 15 is 0 Å². The van der Waals surface area contributed by atoms with Gasteiger partial charge < -0.3 is 15.2 Å². The van der Waals surface area contributed by atoms with E-state index in [1.165, 1.54) is 5.56 Å². The summed E-state index contributed by atoms with van der Waals surface area (Å²) in [5, 5.41) is 11.6. The number of nitrogens with one attached hydrogen (secondary N) is 1. The van der Waals surface area contributed by atoms with Crippen molar-refractivity contribution in [2.75, 3.05) is 13.2 Å². The molecule has 22 heavy (non-hydrogen) atoms. The van der Waals surface area contributed by atoms with Crippen molar-refractivity contribution >= 4 is 11.9 Å². The molecule has 0 saturated carbocycles. The Morgan fingerprint density at radius 2 is 1.86 bits per heavy atom. The smallest absolute Gasteiger partial charge is 0.308 e. The van der Waals surface area contributed by atoms with Crippen LogP contribution in [0.4, 0.5) is 0 Å². The molecule has 0 fully saturated rings. The third kappa shape index (κ3) is 7.22. The lowest BCUT2D eigenvalue weighted by Gasteiger charge is -2.17. The number of hydrogen-bond acceptors (Lipinski definition) is 3. The second-order valence-electron chi connectivity index (χ2n) is 5.43. The standard InChI is InChI=1S/C17H25NO4/c1-13(17(20)21)14(2)18-16(19)9-6-11-22-12-10-15-7-4-3-5-8-15/h3-5,7-8,13-14H,6,9-12H2,1-2H3,(H,18,19)(H,20,21). The Kier molecular flexibility index (Phi) is 8.22. The second-order valence-corrected chi connectivity index (χ2v) is 5.43. The van der Waals surface area contributed by atoms with E-state index in [0.717, 1.165) is 6.42 Å². The highest BCUT2D eigenvalue weighted by Crippen LogP contribution is 2.03. The maximum absolute atomic E-state index is 11.7. The third-order valence-electron chi connectivity index (χ3n) is 3.60. The lowest BCUT2D eigenvalue weighted by molar-refractivity contribution is -0.142. The van der Waals surface area contributed by atoms with Crippen molar-refractivity contribution in [2.24, 2.45) is 5.92 Å². The first kappa shape index (κ1) is 18.2. The summed E-state index contributed by atoms with van der Waals surface area (Å²) in [6.45, 7) is 4.45. The molecule has 0 heterocycles. The maximum Gasteiger partial charge on any atom is 0.308 e. The minimum Gasteiger partial charge on any atom is -0.481 e. The highest BCUT2D eigenvalue weighted by atomic mass is 16.5. The van der Waals surface area contributed by atoms with Gasteiger partial charge in [-0.2, -0.15) is 0 Å². The van der Waals surface area contributed by atoms with Crippen molar-refractivity contribution in [1.29, 1.82) is 0 Å². The average molecular weight is 307 g/mol. The van der Waals surface area contributed by atoms with Gasteiger partial charge in [0.05, 0.1) is 12.5 Å². The number of aliphatic carboxylic acids is 1. The molecule has 0 bridgehead atoms. The largest absolute Gasteiger partial charge is 0.481 e. The zero-order valence-electron chi connectivity index (χ0n) is 13.2. The van der Waals surface area contributed by atoms with Crippen LogP contribution in [-0.2, 0) is 20.7 Å². The highest BCUT2D eigenvalue weighted by Gasteiger charge is 2.20. The number of rotatable bonds is 10. The van der Waals surface area contributed by atoms with Crippen LogP contribution in [0.1, 0.15) is 32.3 Å². The summed E-state index contributed by atoms with van der Waals surface area (Å²) in [6, 6.07) is 9.72. The van der Waals surface area contributed by atoms with Crippen LogP contribution in [0, 0.1) is 5.92 Å². The van der Waals surface area contributed by atoms with Crippen molar-refractivity contribution in [3.63, 3.8) is 0 Å². The Hall–Kier alpha value is -1.88. The molecule has 1 aromatic rings. The number of amides is 1. The Balaban J connectivity index is 2.06. The van der Waals surface area contributed by atoms with Crippen LogP contribution in [0.2, 0.25) is 0 Å². The van der Waals surface area contributed by atoms with Gasteiger partial charge >= 0.3 is 5.97 Å². The van der Waals surface area contributed by atoms with Gasteiger partial charge in [0.2, 0.25) is 5.91 Å². The molecule has 2 atom stereocenters. The van der Waals surface area contributed by atoms with E-state index in [4.69, 9.17) is 9.84 Å². The molecule has 0 spiro atoms. The van der Waals surface area contributed by atoms with Gasteiger partial charge in [0.1, 0.15) is 0 Å². The molecule has 1 amide bonds. The molecule has 0 aliphatic heterocycles. The topological polar surface area (TPSA) is 75.6 Å².